The molecule has 0 aliphatic rings. The first-order valence-electron chi connectivity index (χ1n) is 8.15. The number of para-hydroxylation sites is 1. The molecule has 1 amide bonds. The Balaban J connectivity index is 1.69. The third-order valence-electron chi connectivity index (χ3n) is 3.95. The van der Waals surface area contributed by atoms with E-state index in [9.17, 15) is 4.79 Å². The Morgan fingerprint density at radius 3 is 2.40 bits per heavy atom. The average molecular weight is 351 g/mol. The fraction of sp³-hybridized carbons (Fsp3) is 0.200. The van der Waals surface area contributed by atoms with Gasteiger partial charge in [0.1, 0.15) is 0 Å². The number of anilines is 1. The second kappa shape index (κ2) is 7.57. The molecule has 1 aromatic heterocycles. The van der Waals surface area contributed by atoms with E-state index < -0.39 is 0 Å². The minimum Gasteiger partial charge on any atom is -0.322 e. The lowest BCUT2D eigenvalue weighted by Crippen LogP contribution is -2.15. The summed E-state index contributed by atoms with van der Waals surface area (Å²) < 4.78 is 1.86. The van der Waals surface area contributed by atoms with Gasteiger partial charge in [-0.05, 0) is 45.0 Å². The van der Waals surface area contributed by atoms with Crippen molar-refractivity contribution < 1.29 is 4.79 Å². The molecular weight excluding hydrogens is 330 g/mol. The molecule has 4 nitrogen and oxygen atoms in total. The SMILES string of the molecule is Cc1ccc(SCC(=O)Nc2c(C)nn(-c3ccccc3)c2C)cc1. The summed E-state index contributed by atoms with van der Waals surface area (Å²) in [7, 11) is 0. The summed E-state index contributed by atoms with van der Waals surface area (Å²) in [5.74, 6) is 0.350. The summed E-state index contributed by atoms with van der Waals surface area (Å²) in [5, 5.41) is 7.56. The van der Waals surface area contributed by atoms with Crippen LogP contribution in [0.25, 0.3) is 5.69 Å². The normalized spacial score (nSPS) is 10.7. The van der Waals surface area contributed by atoms with Gasteiger partial charge in [-0.15, -0.1) is 11.8 Å². The first-order valence-corrected chi connectivity index (χ1v) is 9.14. The zero-order valence-electron chi connectivity index (χ0n) is 14.6. The molecule has 5 heteroatoms. The smallest absolute Gasteiger partial charge is 0.234 e. The molecule has 0 fully saturated rings. The maximum atomic E-state index is 12.3. The Bertz CT molecular complexity index is 870. The molecule has 0 aliphatic carbocycles. The molecular formula is C20H21N3OS. The van der Waals surface area contributed by atoms with Gasteiger partial charge in [-0.2, -0.15) is 5.10 Å². The predicted octanol–water partition coefficient (Wildman–Crippen LogP) is 4.53. The topological polar surface area (TPSA) is 46.9 Å². The third-order valence-corrected chi connectivity index (χ3v) is 4.96. The van der Waals surface area contributed by atoms with E-state index in [4.69, 9.17) is 0 Å². The van der Waals surface area contributed by atoms with Crippen LogP contribution in [0.1, 0.15) is 17.0 Å². The first-order chi connectivity index (χ1) is 12.0. The highest BCUT2D eigenvalue weighted by atomic mass is 32.2. The van der Waals surface area contributed by atoms with Crippen LogP contribution in [0.15, 0.2) is 59.5 Å². The van der Waals surface area contributed by atoms with Crippen LogP contribution in [0.3, 0.4) is 0 Å². The lowest BCUT2D eigenvalue weighted by Gasteiger charge is -2.07. The number of rotatable bonds is 5. The maximum absolute atomic E-state index is 12.3. The van der Waals surface area contributed by atoms with Crippen LogP contribution in [0.2, 0.25) is 0 Å². The van der Waals surface area contributed by atoms with Crippen LogP contribution in [-0.4, -0.2) is 21.4 Å². The lowest BCUT2D eigenvalue weighted by atomic mass is 10.2. The molecule has 1 heterocycles. The molecule has 3 rings (SSSR count). The molecule has 0 aliphatic heterocycles. The molecule has 0 saturated heterocycles. The van der Waals surface area contributed by atoms with Crippen molar-refractivity contribution in [2.75, 3.05) is 11.1 Å². The number of amides is 1. The Morgan fingerprint density at radius 1 is 1.04 bits per heavy atom. The third kappa shape index (κ3) is 4.12. The van der Waals surface area contributed by atoms with E-state index >= 15 is 0 Å². The van der Waals surface area contributed by atoms with E-state index in [1.54, 1.807) is 0 Å². The van der Waals surface area contributed by atoms with E-state index in [1.807, 2.05) is 61.0 Å². The summed E-state index contributed by atoms with van der Waals surface area (Å²) in [5.41, 5.74) is 4.73. The van der Waals surface area contributed by atoms with E-state index in [-0.39, 0.29) is 5.91 Å². The number of carbonyl (C=O) groups excluding carboxylic acids is 1. The summed E-state index contributed by atoms with van der Waals surface area (Å²) >= 11 is 1.53. The Morgan fingerprint density at radius 2 is 1.72 bits per heavy atom. The van der Waals surface area contributed by atoms with Gasteiger partial charge in [0, 0.05) is 4.90 Å². The number of aryl methyl sites for hydroxylation is 2. The summed E-state index contributed by atoms with van der Waals surface area (Å²) in [4.78, 5) is 13.4. The minimum atomic E-state index is -0.0237. The predicted molar refractivity (Wildman–Crippen MR) is 104 cm³/mol. The molecule has 0 radical (unpaired) electrons. The fourth-order valence-corrected chi connectivity index (χ4v) is 3.30. The maximum Gasteiger partial charge on any atom is 0.234 e. The zero-order chi connectivity index (χ0) is 17.8. The summed E-state index contributed by atoms with van der Waals surface area (Å²) in [6.45, 7) is 5.93. The van der Waals surface area contributed by atoms with Crippen LogP contribution in [0.4, 0.5) is 5.69 Å². The second-order valence-electron chi connectivity index (χ2n) is 5.94. The van der Waals surface area contributed by atoms with Gasteiger partial charge in [-0.25, -0.2) is 4.68 Å². The number of carbonyl (C=O) groups is 1. The molecule has 1 N–H and O–H groups in total. The molecule has 0 bridgehead atoms. The van der Waals surface area contributed by atoms with Gasteiger partial charge in [0.05, 0.1) is 28.5 Å². The first kappa shape index (κ1) is 17.3. The standard InChI is InChI=1S/C20H21N3OS/c1-14-9-11-18(12-10-14)25-13-19(24)21-20-15(2)22-23(16(20)3)17-7-5-4-6-8-17/h4-12H,13H2,1-3H3,(H,21,24). The summed E-state index contributed by atoms with van der Waals surface area (Å²) in [6, 6.07) is 18.1. The van der Waals surface area contributed by atoms with Gasteiger partial charge >= 0.3 is 0 Å². The molecule has 3 aromatic rings. The Hall–Kier alpha value is -2.53. The highest BCUT2D eigenvalue weighted by Crippen LogP contribution is 2.24. The number of hydrogen-bond acceptors (Lipinski definition) is 3. The summed E-state index contributed by atoms with van der Waals surface area (Å²) in [6.07, 6.45) is 0. The molecule has 128 valence electrons. The molecule has 0 unspecified atom stereocenters. The highest BCUT2D eigenvalue weighted by molar-refractivity contribution is 8.00. The number of thioether (sulfide) groups is 1. The van der Waals surface area contributed by atoms with Crippen LogP contribution in [-0.2, 0) is 4.79 Å². The Kier molecular flexibility index (Phi) is 5.24. The minimum absolute atomic E-state index is 0.0237. The molecule has 25 heavy (non-hydrogen) atoms. The van der Waals surface area contributed by atoms with E-state index in [0.29, 0.717) is 5.75 Å². The monoisotopic (exact) mass is 351 g/mol. The van der Waals surface area contributed by atoms with Gasteiger partial charge in [-0.1, -0.05) is 35.9 Å². The number of aromatic nitrogens is 2. The second-order valence-corrected chi connectivity index (χ2v) is 6.99. The van der Waals surface area contributed by atoms with Crippen molar-refractivity contribution in [2.45, 2.75) is 25.7 Å². The van der Waals surface area contributed by atoms with Gasteiger partial charge in [0.2, 0.25) is 5.91 Å². The fourth-order valence-electron chi connectivity index (χ4n) is 2.60. The molecule has 0 spiro atoms. The molecule has 0 saturated carbocycles. The van der Waals surface area contributed by atoms with Crippen LogP contribution in [0.5, 0.6) is 0 Å². The van der Waals surface area contributed by atoms with Gasteiger partial charge in [0.25, 0.3) is 0 Å². The largest absolute Gasteiger partial charge is 0.322 e. The van der Waals surface area contributed by atoms with Crippen molar-refractivity contribution in [1.29, 1.82) is 0 Å². The van der Waals surface area contributed by atoms with Crippen molar-refractivity contribution in [1.82, 2.24) is 9.78 Å². The van der Waals surface area contributed by atoms with E-state index in [0.717, 1.165) is 27.7 Å². The lowest BCUT2D eigenvalue weighted by molar-refractivity contribution is -0.113. The molecule has 0 atom stereocenters. The number of nitrogens with one attached hydrogen (secondary N) is 1. The number of nitrogens with zero attached hydrogens (tertiary/aromatic N) is 2. The molecule has 2 aromatic carbocycles. The van der Waals surface area contributed by atoms with Crippen molar-refractivity contribution in [3.05, 3.63) is 71.5 Å². The van der Waals surface area contributed by atoms with Crippen molar-refractivity contribution in [3.8, 4) is 5.69 Å². The van der Waals surface area contributed by atoms with Crippen molar-refractivity contribution in [3.63, 3.8) is 0 Å². The van der Waals surface area contributed by atoms with Crippen LogP contribution < -0.4 is 5.32 Å². The van der Waals surface area contributed by atoms with Crippen LogP contribution >= 0.6 is 11.8 Å². The van der Waals surface area contributed by atoms with Crippen LogP contribution in [0, 0.1) is 20.8 Å². The average Bonchev–Trinajstić information content (AvgIpc) is 2.90. The van der Waals surface area contributed by atoms with Crippen molar-refractivity contribution in [2.24, 2.45) is 0 Å². The number of benzene rings is 2. The van der Waals surface area contributed by atoms with Gasteiger partial charge in [-0.3, -0.25) is 4.79 Å². The number of hydrogen-bond donors (Lipinski definition) is 1. The van der Waals surface area contributed by atoms with Crippen molar-refractivity contribution >= 4 is 23.4 Å². The van der Waals surface area contributed by atoms with E-state index in [2.05, 4.69) is 29.5 Å². The Labute approximate surface area is 152 Å². The zero-order valence-corrected chi connectivity index (χ0v) is 15.4. The van der Waals surface area contributed by atoms with E-state index in [1.165, 1.54) is 17.3 Å². The van der Waals surface area contributed by atoms with Gasteiger partial charge in [0.15, 0.2) is 0 Å². The quantitative estimate of drug-likeness (QED) is 0.687. The highest BCUT2D eigenvalue weighted by Gasteiger charge is 2.15. The van der Waals surface area contributed by atoms with Gasteiger partial charge < -0.3 is 5.32 Å².